The van der Waals surface area contributed by atoms with Gasteiger partial charge in [0.2, 0.25) is 5.95 Å². The van der Waals surface area contributed by atoms with Crippen molar-refractivity contribution in [3.8, 4) is 0 Å². The molecule has 0 bridgehead atoms. The van der Waals surface area contributed by atoms with E-state index in [0.717, 1.165) is 24.8 Å². The topological polar surface area (TPSA) is 46.1 Å². The molecular formula is C13H12FN3O. The van der Waals surface area contributed by atoms with E-state index in [1.165, 1.54) is 18.0 Å². The van der Waals surface area contributed by atoms with E-state index in [-0.39, 0.29) is 0 Å². The first kappa shape index (κ1) is 11.1. The van der Waals surface area contributed by atoms with Gasteiger partial charge in [-0.1, -0.05) is 12.2 Å². The fraction of sp³-hybridized carbons (Fsp3) is 0.308. The molecule has 2 heterocycles. The van der Waals surface area contributed by atoms with Crippen molar-refractivity contribution in [2.24, 2.45) is 5.92 Å². The molecule has 2 aliphatic rings. The molecule has 1 atom stereocenters. The van der Waals surface area contributed by atoms with Crippen LogP contribution in [0.1, 0.15) is 6.42 Å². The van der Waals surface area contributed by atoms with E-state index in [9.17, 15) is 9.18 Å². The Morgan fingerprint density at radius 2 is 2.17 bits per heavy atom. The number of halogens is 1. The second kappa shape index (κ2) is 4.33. The molecule has 0 aromatic carbocycles. The minimum atomic E-state index is -0.431. The third-order valence-corrected chi connectivity index (χ3v) is 3.35. The zero-order valence-corrected chi connectivity index (χ0v) is 9.71. The summed E-state index contributed by atoms with van der Waals surface area (Å²) in [5, 5.41) is 0. The first-order valence-electron chi connectivity index (χ1n) is 5.84. The van der Waals surface area contributed by atoms with Crippen LogP contribution in [0.3, 0.4) is 0 Å². The summed E-state index contributed by atoms with van der Waals surface area (Å²) in [6.45, 7) is 1.53. The minimum Gasteiger partial charge on any atom is -0.336 e. The van der Waals surface area contributed by atoms with Gasteiger partial charge < -0.3 is 4.90 Å². The number of aromatic nitrogens is 2. The highest BCUT2D eigenvalue weighted by molar-refractivity contribution is 5.78. The van der Waals surface area contributed by atoms with Gasteiger partial charge in [-0.05, 0) is 12.0 Å². The Labute approximate surface area is 104 Å². The Morgan fingerprint density at radius 3 is 2.89 bits per heavy atom. The molecule has 1 saturated heterocycles. The van der Waals surface area contributed by atoms with Crippen LogP contribution in [0, 0.1) is 11.7 Å². The highest BCUT2D eigenvalue weighted by atomic mass is 19.1. The van der Waals surface area contributed by atoms with Gasteiger partial charge in [0.1, 0.15) is 6.29 Å². The van der Waals surface area contributed by atoms with Crippen LogP contribution in [-0.4, -0.2) is 29.3 Å². The lowest BCUT2D eigenvalue weighted by Gasteiger charge is -2.14. The van der Waals surface area contributed by atoms with Crippen LogP contribution >= 0.6 is 0 Å². The zero-order valence-electron chi connectivity index (χ0n) is 9.71. The summed E-state index contributed by atoms with van der Waals surface area (Å²) in [4.78, 5) is 20.7. The van der Waals surface area contributed by atoms with E-state index in [2.05, 4.69) is 9.97 Å². The standard InChI is InChI=1S/C13H12FN3O/c14-12-4-15-13(16-5-12)17-6-10-2-1-9(8-18)3-11(10)7-17/h1,3-5,8,10H,2,6-7H2. The molecule has 1 aliphatic heterocycles. The predicted octanol–water partition coefficient (Wildman–Crippen LogP) is 1.51. The summed E-state index contributed by atoms with van der Waals surface area (Å²) in [5.74, 6) is 0.529. The van der Waals surface area contributed by atoms with Crippen LogP contribution in [0.15, 0.2) is 35.7 Å². The summed E-state index contributed by atoms with van der Waals surface area (Å²) < 4.78 is 12.8. The third kappa shape index (κ3) is 1.92. The molecule has 1 aromatic heterocycles. The average Bonchev–Trinajstić information content (AvgIpc) is 2.82. The summed E-state index contributed by atoms with van der Waals surface area (Å²) >= 11 is 0. The maximum Gasteiger partial charge on any atom is 0.225 e. The molecule has 4 nitrogen and oxygen atoms in total. The molecule has 18 heavy (non-hydrogen) atoms. The number of carbonyl (C=O) groups is 1. The molecule has 0 spiro atoms. The van der Waals surface area contributed by atoms with Crippen molar-refractivity contribution < 1.29 is 9.18 Å². The van der Waals surface area contributed by atoms with E-state index in [4.69, 9.17) is 0 Å². The fourth-order valence-corrected chi connectivity index (χ4v) is 2.44. The molecule has 1 fully saturated rings. The zero-order chi connectivity index (χ0) is 12.5. The lowest BCUT2D eigenvalue weighted by molar-refractivity contribution is -0.104. The van der Waals surface area contributed by atoms with Crippen molar-refractivity contribution in [2.45, 2.75) is 6.42 Å². The Kier molecular flexibility index (Phi) is 2.66. The number of hydrogen-bond donors (Lipinski definition) is 0. The summed E-state index contributed by atoms with van der Waals surface area (Å²) in [6, 6.07) is 0. The number of carbonyl (C=O) groups excluding carboxylic acids is 1. The van der Waals surface area contributed by atoms with E-state index >= 15 is 0 Å². The number of nitrogens with zero attached hydrogens (tertiary/aromatic N) is 3. The molecule has 0 saturated carbocycles. The van der Waals surface area contributed by atoms with Crippen molar-refractivity contribution in [1.82, 2.24) is 9.97 Å². The number of fused-ring (bicyclic) bond motifs is 1. The van der Waals surface area contributed by atoms with Gasteiger partial charge in [-0.3, -0.25) is 4.79 Å². The molecule has 5 heteroatoms. The van der Waals surface area contributed by atoms with Crippen LogP contribution in [0.2, 0.25) is 0 Å². The molecule has 1 unspecified atom stereocenters. The van der Waals surface area contributed by atoms with E-state index in [0.29, 0.717) is 18.4 Å². The van der Waals surface area contributed by atoms with Gasteiger partial charge in [0.05, 0.1) is 12.4 Å². The number of hydrogen-bond acceptors (Lipinski definition) is 4. The number of aldehydes is 1. The van der Waals surface area contributed by atoms with E-state index in [1.807, 2.05) is 17.1 Å². The van der Waals surface area contributed by atoms with Crippen LogP contribution in [0.5, 0.6) is 0 Å². The largest absolute Gasteiger partial charge is 0.336 e. The van der Waals surface area contributed by atoms with Crippen LogP contribution in [0.4, 0.5) is 10.3 Å². The van der Waals surface area contributed by atoms with Crippen LogP contribution < -0.4 is 4.90 Å². The summed E-state index contributed by atoms with van der Waals surface area (Å²) in [5.41, 5.74) is 1.97. The number of rotatable bonds is 2. The molecule has 1 aromatic rings. The van der Waals surface area contributed by atoms with Crippen molar-refractivity contribution in [2.75, 3.05) is 18.0 Å². The Hall–Kier alpha value is -2.04. The number of allylic oxidation sites excluding steroid dienone is 3. The second-order valence-corrected chi connectivity index (χ2v) is 4.56. The van der Waals surface area contributed by atoms with Crippen LogP contribution in [-0.2, 0) is 4.79 Å². The maximum absolute atomic E-state index is 12.8. The lowest BCUT2D eigenvalue weighted by atomic mass is 9.91. The fourth-order valence-electron chi connectivity index (χ4n) is 2.44. The summed E-state index contributed by atoms with van der Waals surface area (Å²) in [7, 11) is 0. The molecule has 0 N–H and O–H groups in total. The first-order chi connectivity index (χ1) is 8.76. The molecule has 3 rings (SSSR count). The van der Waals surface area contributed by atoms with E-state index in [1.54, 1.807) is 0 Å². The van der Waals surface area contributed by atoms with Crippen molar-refractivity contribution in [1.29, 1.82) is 0 Å². The normalized spacial score (nSPS) is 22.3. The maximum atomic E-state index is 12.8. The molecule has 1 aliphatic carbocycles. The van der Waals surface area contributed by atoms with E-state index < -0.39 is 5.82 Å². The lowest BCUT2D eigenvalue weighted by Crippen LogP contribution is -2.21. The van der Waals surface area contributed by atoms with Crippen molar-refractivity contribution >= 4 is 12.2 Å². The third-order valence-electron chi connectivity index (χ3n) is 3.35. The highest BCUT2D eigenvalue weighted by Crippen LogP contribution is 2.32. The Balaban J connectivity index is 1.80. The van der Waals surface area contributed by atoms with Gasteiger partial charge >= 0.3 is 0 Å². The Bertz CT molecular complexity index is 536. The van der Waals surface area contributed by atoms with Gasteiger partial charge in [0.25, 0.3) is 0 Å². The van der Waals surface area contributed by atoms with Gasteiger partial charge in [0, 0.05) is 24.6 Å². The Morgan fingerprint density at radius 1 is 1.39 bits per heavy atom. The minimum absolute atomic E-state index is 0.419. The van der Waals surface area contributed by atoms with Crippen molar-refractivity contribution in [3.05, 3.63) is 41.5 Å². The quantitative estimate of drug-likeness (QED) is 0.741. The first-order valence-corrected chi connectivity index (χ1v) is 5.84. The number of anilines is 1. The molecule has 0 amide bonds. The predicted molar refractivity (Wildman–Crippen MR) is 64.5 cm³/mol. The van der Waals surface area contributed by atoms with Crippen molar-refractivity contribution in [3.63, 3.8) is 0 Å². The SMILES string of the molecule is O=CC1=CCC2CN(c3ncc(F)cn3)CC2=C1. The second-order valence-electron chi connectivity index (χ2n) is 4.56. The molecule has 0 radical (unpaired) electrons. The smallest absolute Gasteiger partial charge is 0.225 e. The molecule has 92 valence electrons. The summed E-state index contributed by atoms with van der Waals surface area (Å²) in [6.07, 6.45) is 7.99. The van der Waals surface area contributed by atoms with Gasteiger partial charge in [0.15, 0.2) is 5.82 Å². The van der Waals surface area contributed by atoms with Gasteiger partial charge in [-0.15, -0.1) is 0 Å². The van der Waals surface area contributed by atoms with Gasteiger partial charge in [-0.25, -0.2) is 14.4 Å². The molecular weight excluding hydrogens is 233 g/mol. The monoisotopic (exact) mass is 245 g/mol. The highest BCUT2D eigenvalue weighted by Gasteiger charge is 2.30. The van der Waals surface area contributed by atoms with Gasteiger partial charge in [-0.2, -0.15) is 0 Å². The average molecular weight is 245 g/mol. The van der Waals surface area contributed by atoms with Crippen LogP contribution in [0.25, 0.3) is 0 Å².